The number of hydrogen-bond acceptors (Lipinski definition) is 4. The molecule has 1 amide bonds. The third kappa shape index (κ3) is 5.51. The van der Waals surface area contributed by atoms with Gasteiger partial charge < -0.3 is 20.1 Å². The predicted octanol–water partition coefficient (Wildman–Crippen LogP) is 4.50. The van der Waals surface area contributed by atoms with Gasteiger partial charge in [0.2, 0.25) is 5.91 Å². The van der Waals surface area contributed by atoms with Crippen molar-refractivity contribution in [2.75, 3.05) is 24.9 Å². The fraction of sp³-hybridized carbons (Fsp3) is 0.174. The molecule has 0 bridgehead atoms. The number of amides is 1. The maximum Gasteiger partial charge on any atom is 0.228 e. The third-order valence-electron chi connectivity index (χ3n) is 4.35. The predicted molar refractivity (Wildman–Crippen MR) is 112 cm³/mol. The van der Waals surface area contributed by atoms with Gasteiger partial charge in [0.15, 0.2) is 0 Å². The zero-order chi connectivity index (χ0) is 19.8. The van der Waals surface area contributed by atoms with Crippen molar-refractivity contribution in [1.82, 2.24) is 0 Å². The van der Waals surface area contributed by atoms with Gasteiger partial charge in [0.1, 0.15) is 11.5 Å². The molecule has 0 heterocycles. The lowest BCUT2D eigenvalue weighted by molar-refractivity contribution is -0.115. The van der Waals surface area contributed by atoms with E-state index in [1.807, 2.05) is 72.8 Å². The van der Waals surface area contributed by atoms with Crippen molar-refractivity contribution in [3.05, 3.63) is 83.9 Å². The Labute approximate surface area is 165 Å². The van der Waals surface area contributed by atoms with Crippen LogP contribution in [-0.2, 0) is 17.8 Å². The fourth-order valence-electron chi connectivity index (χ4n) is 2.75. The van der Waals surface area contributed by atoms with E-state index in [1.165, 1.54) is 0 Å². The van der Waals surface area contributed by atoms with E-state index in [-0.39, 0.29) is 5.91 Å². The molecule has 28 heavy (non-hydrogen) atoms. The summed E-state index contributed by atoms with van der Waals surface area (Å²) in [5.74, 6) is 1.57. The Morgan fingerprint density at radius 3 is 1.75 bits per heavy atom. The fourth-order valence-corrected chi connectivity index (χ4v) is 2.75. The molecule has 0 aliphatic heterocycles. The van der Waals surface area contributed by atoms with E-state index in [4.69, 9.17) is 9.47 Å². The molecule has 0 aliphatic rings. The third-order valence-corrected chi connectivity index (χ3v) is 4.35. The molecule has 5 heteroatoms. The molecule has 0 radical (unpaired) electrons. The van der Waals surface area contributed by atoms with Crippen molar-refractivity contribution in [3.8, 4) is 11.5 Å². The van der Waals surface area contributed by atoms with Crippen LogP contribution in [0, 0.1) is 0 Å². The summed E-state index contributed by atoms with van der Waals surface area (Å²) in [5, 5.41) is 6.29. The molecule has 0 unspecified atom stereocenters. The van der Waals surface area contributed by atoms with Crippen LogP contribution in [0.25, 0.3) is 0 Å². The number of methoxy groups -OCH3 is 2. The van der Waals surface area contributed by atoms with E-state index >= 15 is 0 Å². The number of hydrogen-bond donors (Lipinski definition) is 2. The van der Waals surface area contributed by atoms with Gasteiger partial charge in [-0.15, -0.1) is 0 Å². The van der Waals surface area contributed by atoms with Crippen LogP contribution in [0.15, 0.2) is 72.8 Å². The molecule has 0 spiro atoms. The van der Waals surface area contributed by atoms with E-state index in [9.17, 15) is 4.79 Å². The molecule has 3 aromatic carbocycles. The van der Waals surface area contributed by atoms with Gasteiger partial charge in [0, 0.05) is 17.9 Å². The lowest BCUT2D eigenvalue weighted by Gasteiger charge is -2.09. The molecule has 0 aromatic heterocycles. The van der Waals surface area contributed by atoms with Gasteiger partial charge in [-0.3, -0.25) is 4.79 Å². The SMILES string of the molecule is COc1ccc(CNc2ccc(NC(=O)Cc3ccc(OC)cc3)cc2)cc1. The first-order valence-electron chi connectivity index (χ1n) is 9.06. The van der Waals surface area contributed by atoms with E-state index in [0.29, 0.717) is 13.0 Å². The van der Waals surface area contributed by atoms with Gasteiger partial charge in [-0.1, -0.05) is 24.3 Å². The number of rotatable bonds is 8. The molecule has 0 saturated heterocycles. The first-order chi connectivity index (χ1) is 13.7. The highest BCUT2D eigenvalue weighted by atomic mass is 16.5. The summed E-state index contributed by atoms with van der Waals surface area (Å²) in [5.41, 5.74) is 3.87. The maximum atomic E-state index is 12.2. The normalized spacial score (nSPS) is 10.2. The second-order valence-electron chi connectivity index (χ2n) is 6.35. The van der Waals surface area contributed by atoms with E-state index < -0.39 is 0 Å². The summed E-state index contributed by atoms with van der Waals surface area (Å²) < 4.78 is 10.3. The van der Waals surface area contributed by atoms with Gasteiger partial charge in [-0.2, -0.15) is 0 Å². The summed E-state index contributed by atoms with van der Waals surface area (Å²) in [4.78, 5) is 12.2. The lowest BCUT2D eigenvalue weighted by Crippen LogP contribution is -2.14. The highest BCUT2D eigenvalue weighted by Crippen LogP contribution is 2.17. The van der Waals surface area contributed by atoms with Crippen molar-refractivity contribution in [3.63, 3.8) is 0 Å². The largest absolute Gasteiger partial charge is 0.497 e. The second-order valence-corrected chi connectivity index (χ2v) is 6.35. The van der Waals surface area contributed by atoms with Crippen LogP contribution in [0.3, 0.4) is 0 Å². The Morgan fingerprint density at radius 2 is 1.21 bits per heavy atom. The zero-order valence-electron chi connectivity index (χ0n) is 16.1. The second kappa shape index (κ2) is 9.46. The Hall–Kier alpha value is -3.47. The van der Waals surface area contributed by atoms with Gasteiger partial charge in [-0.25, -0.2) is 0 Å². The van der Waals surface area contributed by atoms with Crippen molar-refractivity contribution in [1.29, 1.82) is 0 Å². The van der Waals surface area contributed by atoms with Crippen molar-refractivity contribution < 1.29 is 14.3 Å². The maximum absolute atomic E-state index is 12.2. The first-order valence-corrected chi connectivity index (χ1v) is 9.06. The van der Waals surface area contributed by atoms with Gasteiger partial charge >= 0.3 is 0 Å². The molecule has 0 atom stereocenters. The molecule has 0 saturated carbocycles. The Morgan fingerprint density at radius 1 is 0.714 bits per heavy atom. The van der Waals surface area contributed by atoms with Crippen molar-refractivity contribution >= 4 is 17.3 Å². The van der Waals surface area contributed by atoms with Crippen LogP contribution < -0.4 is 20.1 Å². The average molecular weight is 376 g/mol. The molecule has 0 aliphatic carbocycles. The minimum atomic E-state index is -0.0518. The van der Waals surface area contributed by atoms with Gasteiger partial charge in [0.05, 0.1) is 20.6 Å². The van der Waals surface area contributed by atoms with E-state index in [1.54, 1.807) is 14.2 Å². The molecule has 2 N–H and O–H groups in total. The highest BCUT2D eigenvalue weighted by Gasteiger charge is 2.05. The van der Waals surface area contributed by atoms with Crippen molar-refractivity contribution in [2.45, 2.75) is 13.0 Å². The highest BCUT2D eigenvalue weighted by molar-refractivity contribution is 5.92. The first kappa shape index (κ1) is 19.3. The Balaban J connectivity index is 1.49. The molecular formula is C23H24N2O3. The van der Waals surface area contributed by atoms with Crippen LogP contribution in [0.2, 0.25) is 0 Å². The van der Waals surface area contributed by atoms with Gasteiger partial charge in [-0.05, 0) is 59.7 Å². The van der Waals surface area contributed by atoms with Crippen LogP contribution in [0.1, 0.15) is 11.1 Å². The number of anilines is 2. The van der Waals surface area contributed by atoms with Crippen LogP contribution in [-0.4, -0.2) is 20.1 Å². The van der Waals surface area contributed by atoms with Crippen LogP contribution >= 0.6 is 0 Å². The summed E-state index contributed by atoms with van der Waals surface area (Å²) >= 11 is 0. The van der Waals surface area contributed by atoms with Gasteiger partial charge in [0.25, 0.3) is 0 Å². The molecule has 0 fully saturated rings. The molecule has 144 valence electrons. The summed E-state index contributed by atoms with van der Waals surface area (Å²) in [6, 6.07) is 23.1. The minimum absolute atomic E-state index is 0.0518. The number of carbonyl (C=O) groups is 1. The summed E-state index contributed by atoms with van der Waals surface area (Å²) in [6.07, 6.45) is 0.321. The van der Waals surface area contributed by atoms with Crippen LogP contribution in [0.4, 0.5) is 11.4 Å². The smallest absolute Gasteiger partial charge is 0.228 e. The lowest BCUT2D eigenvalue weighted by atomic mass is 10.1. The average Bonchev–Trinajstić information content (AvgIpc) is 2.74. The zero-order valence-corrected chi connectivity index (χ0v) is 16.1. The quantitative estimate of drug-likeness (QED) is 0.608. The standard InChI is InChI=1S/C23H24N2O3/c1-27-21-11-3-17(4-12-21)15-23(26)25-20-9-7-19(8-10-20)24-16-18-5-13-22(28-2)14-6-18/h3-14,24H,15-16H2,1-2H3,(H,25,26). The molecule has 3 aromatic rings. The topological polar surface area (TPSA) is 59.6 Å². The van der Waals surface area contributed by atoms with Crippen LogP contribution in [0.5, 0.6) is 11.5 Å². The number of carbonyl (C=O) groups excluding carboxylic acids is 1. The summed E-state index contributed by atoms with van der Waals surface area (Å²) in [7, 11) is 3.28. The number of nitrogens with one attached hydrogen (secondary N) is 2. The Bertz CT molecular complexity index is 889. The van der Waals surface area contributed by atoms with E-state index in [2.05, 4.69) is 10.6 Å². The van der Waals surface area contributed by atoms with E-state index in [0.717, 1.165) is 34.0 Å². The molecule has 3 rings (SSSR count). The summed E-state index contributed by atoms with van der Waals surface area (Å²) in [6.45, 7) is 0.715. The number of benzene rings is 3. The minimum Gasteiger partial charge on any atom is -0.497 e. The number of ether oxygens (including phenoxy) is 2. The monoisotopic (exact) mass is 376 g/mol. The Kier molecular flexibility index (Phi) is 6.52. The molecule has 5 nitrogen and oxygen atoms in total. The molecular weight excluding hydrogens is 352 g/mol. The van der Waals surface area contributed by atoms with Crippen molar-refractivity contribution in [2.24, 2.45) is 0 Å².